The van der Waals surface area contributed by atoms with E-state index in [0.717, 1.165) is 18.0 Å². The highest BCUT2D eigenvalue weighted by Gasteiger charge is 2.62. The van der Waals surface area contributed by atoms with Crippen molar-refractivity contribution in [1.29, 1.82) is 0 Å². The zero-order chi connectivity index (χ0) is 23.8. The molecule has 2 aromatic rings. The van der Waals surface area contributed by atoms with E-state index in [0.29, 0.717) is 12.1 Å². The number of pyridine rings is 1. The van der Waals surface area contributed by atoms with Crippen molar-refractivity contribution in [2.75, 3.05) is 4.90 Å². The Hall–Kier alpha value is -3.18. The molecule has 1 amide bonds. The first-order valence-electron chi connectivity index (χ1n) is 9.20. The molecule has 1 unspecified atom stereocenters. The fourth-order valence-corrected chi connectivity index (χ4v) is 3.22. The van der Waals surface area contributed by atoms with Gasteiger partial charge in [-0.3, -0.25) is 9.69 Å². The van der Waals surface area contributed by atoms with E-state index in [1.54, 1.807) is 5.32 Å². The number of hydrogen-bond acceptors (Lipinski definition) is 3. The third-order valence-electron chi connectivity index (χ3n) is 4.80. The van der Waals surface area contributed by atoms with Gasteiger partial charge < -0.3 is 5.32 Å². The Kier molecular flexibility index (Phi) is 6.16. The Bertz CT molecular complexity index is 1040. The van der Waals surface area contributed by atoms with Crippen LogP contribution in [-0.2, 0) is 11.2 Å². The third-order valence-corrected chi connectivity index (χ3v) is 4.80. The molecule has 1 aliphatic rings. The Labute approximate surface area is 176 Å². The molecule has 1 atom stereocenters. The SMILES string of the molecule is CCC(NC(=O)C1=CN(c2c(F)cc(F)cc2F)c2ncccc2C1)C(F)(F)C(F)(F)F. The highest BCUT2D eigenvalue weighted by atomic mass is 19.4. The van der Waals surface area contributed by atoms with Crippen molar-refractivity contribution in [3.8, 4) is 0 Å². The minimum Gasteiger partial charge on any atom is -0.343 e. The molecular weight excluding hydrogens is 450 g/mol. The number of benzene rings is 1. The number of anilines is 2. The summed E-state index contributed by atoms with van der Waals surface area (Å²) in [7, 11) is 0. The Morgan fingerprint density at radius 3 is 2.34 bits per heavy atom. The summed E-state index contributed by atoms with van der Waals surface area (Å²) in [6, 6.07) is 1.07. The number of carbonyl (C=O) groups excluding carboxylic acids is 1. The van der Waals surface area contributed by atoms with Crippen LogP contribution in [0.3, 0.4) is 0 Å². The highest BCUT2D eigenvalue weighted by Crippen LogP contribution is 2.40. The molecule has 1 N–H and O–H groups in total. The number of fused-ring (bicyclic) bond motifs is 1. The molecule has 3 rings (SSSR count). The van der Waals surface area contributed by atoms with Crippen LogP contribution in [-0.4, -0.2) is 29.0 Å². The van der Waals surface area contributed by atoms with E-state index in [2.05, 4.69) is 4.98 Å². The number of alkyl halides is 5. The van der Waals surface area contributed by atoms with Crippen LogP contribution >= 0.6 is 0 Å². The van der Waals surface area contributed by atoms with Gasteiger partial charge in [-0.1, -0.05) is 13.0 Å². The quantitative estimate of drug-likeness (QED) is 0.620. The zero-order valence-corrected chi connectivity index (χ0v) is 16.3. The minimum absolute atomic E-state index is 0.0267. The molecular formula is C20H15F8N3O. The number of nitrogens with one attached hydrogen (secondary N) is 1. The van der Waals surface area contributed by atoms with Gasteiger partial charge in [-0.05, 0) is 12.5 Å². The fourth-order valence-electron chi connectivity index (χ4n) is 3.22. The van der Waals surface area contributed by atoms with Crippen molar-refractivity contribution in [1.82, 2.24) is 10.3 Å². The van der Waals surface area contributed by atoms with Gasteiger partial charge in [0.1, 0.15) is 23.4 Å². The largest absolute Gasteiger partial charge is 0.455 e. The van der Waals surface area contributed by atoms with Gasteiger partial charge in [0.15, 0.2) is 11.6 Å². The summed E-state index contributed by atoms with van der Waals surface area (Å²) in [5.74, 6) is -10.4. The molecule has 1 aromatic carbocycles. The number of nitrogens with zero attached hydrogens (tertiary/aromatic N) is 2. The van der Waals surface area contributed by atoms with Crippen molar-refractivity contribution in [3.63, 3.8) is 0 Å². The zero-order valence-electron chi connectivity index (χ0n) is 16.3. The predicted molar refractivity (Wildman–Crippen MR) is 97.7 cm³/mol. The third kappa shape index (κ3) is 4.26. The maximum atomic E-state index is 14.4. The fraction of sp³-hybridized carbons (Fsp3) is 0.300. The Balaban J connectivity index is 2.02. The summed E-state index contributed by atoms with van der Waals surface area (Å²) >= 11 is 0. The van der Waals surface area contributed by atoms with Crippen LogP contribution in [0.4, 0.5) is 46.6 Å². The van der Waals surface area contributed by atoms with Gasteiger partial charge in [0.2, 0.25) is 5.91 Å². The van der Waals surface area contributed by atoms with Crippen LogP contribution in [0.15, 0.2) is 42.2 Å². The molecule has 32 heavy (non-hydrogen) atoms. The summed E-state index contributed by atoms with van der Waals surface area (Å²) in [6.45, 7) is 1.04. The average Bonchev–Trinajstić information content (AvgIpc) is 2.69. The lowest BCUT2D eigenvalue weighted by atomic mass is 10.00. The van der Waals surface area contributed by atoms with E-state index in [-0.39, 0.29) is 23.4 Å². The van der Waals surface area contributed by atoms with Crippen LogP contribution in [0.25, 0.3) is 0 Å². The van der Waals surface area contributed by atoms with Gasteiger partial charge in [0.05, 0.1) is 0 Å². The van der Waals surface area contributed by atoms with Crippen molar-refractivity contribution < 1.29 is 39.9 Å². The smallest absolute Gasteiger partial charge is 0.343 e. The number of halogens is 8. The molecule has 0 saturated carbocycles. The maximum absolute atomic E-state index is 14.4. The first kappa shape index (κ1) is 23.5. The molecule has 12 heteroatoms. The molecule has 0 spiro atoms. The van der Waals surface area contributed by atoms with E-state index < -0.39 is 53.6 Å². The summed E-state index contributed by atoms with van der Waals surface area (Å²) in [6.07, 6.45) is -4.76. The summed E-state index contributed by atoms with van der Waals surface area (Å²) in [5, 5.41) is 1.65. The number of amides is 1. The molecule has 1 aliphatic heterocycles. The second-order valence-corrected chi connectivity index (χ2v) is 6.96. The normalized spacial score (nSPS) is 15.2. The second kappa shape index (κ2) is 8.40. The Morgan fingerprint density at radius 1 is 1.16 bits per heavy atom. The average molecular weight is 465 g/mol. The van der Waals surface area contributed by atoms with Crippen LogP contribution in [0.1, 0.15) is 18.9 Å². The summed E-state index contributed by atoms with van der Waals surface area (Å²) in [4.78, 5) is 17.3. The van der Waals surface area contributed by atoms with E-state index >= 15 is 0 Å². The van der Waals surface area contributed by atoms with Crippen molar-refractivity contribution >= 4 is 17.4 Å². The number of aromatic nitrogens is 1. The van der Waals surface area contributed by atoms with E-state index in [4.69, 9.17) is 0 Å². The van der Waals surface area contributed by atoms with Crippen LogP contribution < -0.4 is 10.2 Å². The second-order valence-electron chi connectivity index (χ2n) is 6.96. The van der Waals surface area contributed by atoms with Crippen LogP contribution in [0, 0.1) is 17.5 Å². The molecule has 0 aliphatic carbocycles. The molecule has 0 radical (unpaired) electrons. The highest BCUT2D eigenvalue weighted by molar-refractivity contribution is 5.96. The van der Waals surface area contributed by atoms with Gasteiger partial charge >= 0.3 is 12.1 Å². The molecule has 1 aromatic heterocycles. The lowest BCUT2D eigenvalue weighted by Gasteiger charge is -2.31. The lowest BCUT2D eigenvalue weighted by molar-refractivity contribution is -0.292. The predicted octanol–water partition coefficient (Wildman–Crippen LogP) is 5.17. The first-order valence-corrected chi connectivity index (χ1v) is 9.20. The van der Waals surface area contributed by atoms with Crippen LogP contribution in [0.2, 0.25) is 0 Å². The van der Waals surface area contributed by atoms with E-state index in [1.807, 2.05) is 0 Å². The molecule has 172 valence electrons. The number of hydrogen-bond donors (Lipinski definition) is 1. The van der Waals surface area contributed by atoms with Gasteiger partial charge in [-0.25, -0.2) is 18.2 Å². The van der Waals surface area contributed by atoms with Crippen molar-refractivity contribution in [2.45, 2.75) is 37.9 Å². The standard InChI is InChI=1S/C20H15F8N3O/c1-2-15(19(24,25)20(26,27)28)30-18(32)11-6-10-4-3-5-29-17(10)31(9-11)16-13(22)7-12(21)8-14(16)23/h3-5,7-9,15H,2,6H2,1H3,(H,30,32). The lowest BCUT2D eigenvalue weighted by Crippen LogP contribution is -2.55. The van der Waals surface area contributed by atoms with Gasteiger partial charge in [-0.2, -0.15) is 22.0 Å². The molecule has 2 heterocycles. The summed E-state index contributed by atoms with van der Waals surface area (Å²) in [5.41, 5.74) is -0.923. The number of carbonyl (C=O) groups is 1. The first-order chi connectivity index (χ1) is 14.9. The number of rotatable bonds is 5. The summed E-state index contributed by atoms with van der Waals surface area (Å²) < 4.78 is 108. The maximum Gasteiger partial charge on any atom is 0.455 e. The molecule has 4 nitrogen and oxygen atoms in total. The van der Waals surface area contributed by atoms with Gasteiger partial charge in [0, 0.05) is 42.1 Å². The molecule has 0 bridgehead atoms. The minimum atomic E-state index is -5.90. The Morgan fingerprint density at radius 2 is 1.78 bits per heavy atom. The van der Waals surface area contributed by atoms with Gasteiger partial charge in [-0.15, -0.1) is 0 Å². The van der Waals surface area contributed by atoms with E-state index in [1.165, 1.54) is 18.3 Å². The van der Waals surface area contributed by atoms with Crippen molar-refractivity contribution in [2.24, 2.45) is 0 Å². The molecule has 0 saturated heterocycles. The van der Waals surface area contributed by atoms with Crippen molar-refractivity contribution in [3.05, 3.63) is 65.3 Å². The monoisotopic (exact) mass is 465 g/mol. The van der Waals surface area contributed by atoms with Gasteiger partial charge in [0.25, 0.3) is 0 Å². The topological polar surface area (TPSA) is 45.2 Å². The van der Waals surface area contributed by atoms with Crippen LogP contribution in [0.5, 0.6) is 0 Å². The molecule has 0 fully saturated rings. The van der Waals surface area contributed by atoms with E-state index in [9.17, 15) is 39.9 Å².